The second-order valence-electron chi connectivity index (χ2n) is 3.06. The first-order valence-electron chi connectivity index (χ1n) is 4.13. The van der Waals surface area contributed by atoms with Crippen LogP contribution in [0.25, 0.3) is 5.69 Å². The van der Waals surface area contributed by atoms with Crippen LogP contribution in [0.15, 0.2) is 30.6 Å². The predicted octanol–water partition coefficient (Wildman–Crippen LogP) is 3.49. The normalized spacial score (nSPS) is 10.5. The van der Waals surface area contributed by atoms with Crippen molar-refractivity contribution in [1.29, 1.82) is 0 Å². The summed E-state index contributed by atoms with van der Waals surface area (Å²) in [5, 5.41) is 5.35. The monoisotopic (exact) mass is 226 g/mol. The van der Waals surface area contributed by atoms with Crippen LogP contribution >= 0.6 is 23.2 Å². The summed E-state index contributed by atoms with van der Waals surface area (Å²) in [6.45, 7) is 1.99. The molecule has 0 aliphatic carbocycles. The van der Waals surface area contributed by atoms with E-state index in [1.807, 2.05) is 25.1 Å². The van der Waals surface area contributed by atoms with Gasteiger partial charge in [-0.3, -0.25) is 0 Å². The number of rotatable bonds is 1. The summed E-state index contributed by atoms with van der Waals surface area (Å²) < 4.78 is 1.66. The van der Waals surface area contributed by atoms with Crippen LogP contribution in [0.2, 0.25) is 10.0 Å². The predicted molar refractivity (Wildman–Crippen MR) is 58.3 cm³/mol. The molecule has 0 aliphatic heterocycles. The third kappa shape index (κ3) is 1.76. The van der Waals surface area contributed by atoms with Gasteiger partial charge in [-0.05, 0) is 24.6 Å². The van der Waals surface area contributed by atoms with E-state index >= 15 is 0 Å². The van der Waals surface area contributed by atoms with Crippen LogP contribution in [0, 0.1) is 6.92 Å². The number of nitrogens with zero attached hydrogens (tertiary/aromatic N) is 2. The molecule has 72 valence electrons. The molecule has 0 radical (unpaired) electrons. The molecule has 0 aliphatic rings. The molecule has 1 heterocycles. The van der Waals surface area contributed by atoms with Crippen LogP contribution in [0.4, 0.5) is 0 Å². The van der Waals surface area contributed by atoms with E-state index in [9.17, 15) is 0 Å². The third-order valence-corrected chi connectivity index (χ3v) is 2.40. The molecule has 0 fully saturated rings. The van der Waals surface area contributed by atoms with Gasteiger partial charge in [-0.15, -0.1) is 0 Å². The van der Waals surface area contributed by atoms with Crippen LogP contribution < -0.4 is 0 Å². The van der Waals surface area contributed by atoms with Crippen molar-refractivity contribution in [2.75, 3.05) is 0 Å². The number of aromatic nitrogens is 2. The summed E-state index contributed by atoms with van der Waals surface area (Å²) in [4.78, 5) is 0. The molecule has 1 aromatic carbocycles. The van der Waals surface area contributed by atoms with Crippen LogP contribution in [0.1, 0.15) is 5.56 Å². The number of halogens is 2. The van der Waals surface area contributed by atoms with E-state index in [0.29, 0.717) is 10.0 Å². The van der Waals surface area contributed by atoms with Crippen LogP contribution in [0.5, 0.6) is 0 Å². The Morgan fingerprint density at radius 3 is 2.64 bits per heavy atom. The maximum absolute atomic E-state index is 6.07. The zero-order chi connectivity index (χ0) is 10.1. The minimum Gasteiger partial charge on any atom is -0.238 e. The van der Waals surface area contributed by atoms with E-state index in [0.717, 1.165) is 11.3 Å². The minimum absolute atomic E-state index is 0.599. The Balaban J connectivity index is 2.52. The van der Waals surface area contributed by atoms with Gasteiger partial charge in [0.15, 0.2) is 0 Å². The van der Waals surface area contributed by atoms with Crippen LogP contribution in [-0.4, -0.2) is 9.78 Å². The van der Waals surface area contributed by atoms with Gasteiger partial charge in [0, 0.05) is 6.20 Å². The van der Waals surface area contributed by atoms with E-state index in [-0.39, 0.29) is 0 Å². The van der Waals surface area contributed by atoms with Crippen molar-refractivity contribution in [2.45, 2.75) is 6.92 Å². The highest BCUT2D eigenvalue weighted by molar-refractivity contribution is 6.32. The first-order chi connectivity index (χ1) is 6.66. The van der Waals surface area contributed by atoms with Crippen LogP contribution in [0.3, 0.4) is 0 Å². The minimum atomic E-state index is 0.599. The molecular formula is C10H8Cl2N2. The molecule has 0 saturated carbocycles. The molecular weight excluding hydrogens is 219 g/mol. The average molecular weight is 227 g/mol. The maximum Gasteiger partial charge on any atom is 0.0832 e. The molecule has 2 nitrogen and oxygen atoms in total. The van der Waals surface area contributed by atoms with Gasteiger partial charge in [0.05, 0.1) is 21.9 Å². The highest BCUT2D eigenvalue weighted by Crippen LogP contribution is 2.22. The molecule has 0 spiro atoms. The zero-order valence-corrected chi connectivity index (χ0v) is 9.05. The Labute approximate surface area is 92.1 Å². The summed E-state index contributed by atoms with van der Waals surface area (Å²) in [5.41, 5.74) is 1.96. The lowest BCUT2D eigenvalue weighted by atomic mass is 10.2. The smallest absolute Gasteiger partial charge is 0.0832 e. The fraction of sp³-hybridized carbons (Fsp3) is 0.100. The molecule has 2 rings (SSSR count). The van der Waals surface area contributed by atoms with Gasteiger partial charge in [0.2, 0.25) is 0 Å². The van der Waals surface area contributed by atoms with Crippen molar-refractivity contribution in [3.8, 4) is 5.69 Å². The molecule has 0 atom stereocenters. The molecule has 14 heavy (non-hydrogen) atoms. The molecule has 0 unspecified atom stereocenters. The topological polar surface area (TPSA) is 17.8 Å². The first-order valence-corrected chi connectivity index (χ1v) is 4.89. The lowest BCUT2D eigenvalue weighted by Crippen LogP contribution is -1.95. The summed E-state index contributed by atoms with van der Waals surface area (Å²) in [6, 6.07) is 5.80. The molecule has 1 aromatic heterocycles. The van der Waals surface area contributed by atoms with Gasteiger partial charge < -0.3 is 0 Å². The molecule has 0 saturated heterocycles. The number of hydrogen-bond donors (Lipinski definition) is 0. The molecule has 0 amide bonds. The van der Waals surface area contributed by atoms with Gasteiger partial charge in [-0.1, -0.05) is 29.3 Å². The van der Waals surface area contributed by atoms with Gasteiger partial charge in [0.1, 0.15) is 0 Å². The Morgan fingerprint density at radius 2 is 2.07 bits per heavy atom. The van der Waals surface area contributed by atoms with Gasteiger partial charge in [-0.2, -0.15) is 5.10 Å². The second-order valence-corrected chi connectivity index (χ2v) is 3.90. The highest BCUT2D eigenvalue weighted by atomic mass is 35.5. The molecule has 4 heteroatoms. The lowest BCUT2D eigenvalue weighted by Gasteiger charge is -2.04. The van der Waals surface area contributed by atoms with Crippen molar-refractivity contribution in [3.05, 3.63) is 46.2 Å². The summed E-state index contributed by atoms with van der Waals surface area (Å²) in [5.74, 6) is 0. The standard InChI is InChI=1S/C10H8Cl2N2/c1-7-2-3-10(9(12)4-7)14-6-8(11)5-13-14/h2-6H,1H3. The Kier molecular flexibility index (Phi) is 2.48. The highest BCUT2D eigenvalue weighted by Gasteiger charge is 2.03. The number of aryl methyl sites for hydroxylation is 1. The number of benzene rings is 1. The SMILES string of the molecule is Cc1ccc(-n2cc(Cl)cn2)c(Cl)c1. The van der Waals surface area contributed by atoms with Crippen molar-refractivity contribution in [1.82, 2.24) is 9.78 Å². The van der Waals surface area contributed by atoms with E-state index in [1.54, 1.807) is 17.1 Å². The quantitative estimate of drug-likeness (QED) is 0.729. The summed E-state index contributed by atoms with van der Waals surface area (Å²) in [7, 11) is 0. The fourth-order valence-corrected chi connectivity index (χ4v) is 1.69. The largest absolute Gasteiger partial charge is 0.238 e. The zero-order valence-electron chi connectivity index (χ0n) is 7.54. The van der Waals surface area contributed by atoms with Gasteiger partial charge in [0.25, 0.3) is 0 Å². The third-order valence-electron chi connectivity index (χ3n) is 1.90. The summed E-state index contributed by atoms with van der Waals surface area (Å²) in [6.07, 6.45) is 3.30. The van der Waals surface area contributed by atoms with Crippen molar-refractivity contribution < 1.29 is 0 Å². The Bertz CT molecular complexity index is 463. The molecule has 0 bridgehead atoms. The Morgan fingerprint density at radius 1 is 1.29 bits per heavy atom. The van der Waals surface area contributed by atoms with E-state index in [1.165, 1.54) is 0 Å². The van der Waals surface area contributed by atoms with Crippen LogP contribution in [-0.2, 0) is 0 Å². The van der Waals surface area contributed by atoms with Crippen molar-refractivity contribution >= 4 is 23.2 Å². The summed E-state index contributed by atoms with van der Waals surface area (Å²) >= 11 is 11.8. The van der Waals surface area contributed by atoms with E-state index in [4.69, 9.17) is 23.2 Å². The average Bonchev–Trinajstić information content (AvgIpc) is 2.51. The van der Waals surface area contributed by atoms with Gasteiger partial charge in [-0.25, -0.2) is 4.68 Å². The second kappa shape index (κ2) is 3.64. The fourth-order valence-electron chi connectivity index (χ4n) is 1.23. The van der Waals surface area contributed by atoms with Gasteiger partial charge >= 0.3 is 0 Å². The van der Waals surface area contributed by atoms with Crippen molar-refractivity contribution in [3.63, 3.8) is 0 Å². The van der Waals surface area contributed by atoms with Crippen molar-refractivity contribution in [2.24, 2.45) is 0 Å². The number of hydrogen-bond acceptors (Lipinski definition) is 1. The first kappa shape index (κ1) is 9.56. The van der Waals surface area contributed by atoms with E-state index in [2.05, 4.69) is 5.10 Å². The molecule has 0 N–H and O–H groups in total. The molecule has 2 aromatic rings. The maximum atomic E-state index is 6.07. The Hall–Kier alpha value is -0.990. The van der Waals surface area contributed by atoms with E-state index < -0.39 is 0 Å². The lowest BCUT2D eigenvalue weighted by molar-refractivity contribution is 0.880.